The van der Waals surface area contributed by atoms with E-state index in [1.54, 1.807) is 41.6 Å². The molecule has 1 unspecified atom stereocenters. The van der Waals surface area contributed by atoms with Gasteiger partial charge in [0.2, 0.25) is 0 Å². The molecule has 3 N–H and O–H groups in total. The molecule has 0 aromatic carbocycles. The van der Waals surface area contributed by atoms with Crippen LogP contribution in [0.4, 0.5) is 0 Å². The van der Waals surface area contributed by atoms with Crippen molar-refractivity contribution in [3.05, 3.63) is 42.6 Å². The topological polar surface area (TPSA) is 85.8 Å². The standard InChI is InChI=1S/C16H23N5O.2ClH/c1-12(2)8-16(3,10-17)20-15(22)13-4-5-14(19-9-13)21-7-6-18-11-21;;/h4-7,9,11-12H,8,10,17H2,1-3H3,(H,20,22);2*1H. The number of nitrogens with two attached hydrogens (primary N) is 1. The van der Waals surface area contributed by atoms with Gasteiger partial charge in [-0.2, -0.15) is 0 Å². The Bertz CT molecular complexity index is 616. The van der Waals surface area contributed by atoms with Crippen molar-refractivity contribution in [1.82, 2.24) is 19.9 Å². The van der Waals surface area contributed by atoms with Gasteiger partial charge >= 0.3 is 0 Å². The number of nitrogens with one attached hydrogen (secondary N) is 1. The Kier molecular flexibility index (Phi) is 8.96. The van der Waals surface area contributed by atoms with Crippen LogP contribution in [0.15, 0.2) is 37.1 Å². The lowest BCUT2D eigenvalue weighted by atomic mass is 9.90. The SMILES string of the molecule is CC(C)CC(C)(CN)NC(=O)c1ccc(-n2ccnc2)nc1.Cl.Cl. The van der Waals surface area contributed by atoms with Crippen LogP contribution in [-0.2, 0) is 0 Å². The van der Waals surface area contributed by atoms with Crippen molar-refractivity contribution in [3.8, 4) is 5.82 Å². The summed E-state index contributed by atoms with van der Waals surface area (Å²) < 4.78 is 1.78. The molecule has 2 heterocycles. The van der Waals surface area contributed by atoms with E-state index in [4.69, 9.17) is 5.73 Å². The molecule has 0 bridgehead atoms. The van der Waals surface area contributed by atoms with E-state index in [1.807, 2.05) is 6.92 Å². The van der Waals surface area contributed by atoms with Crippen LogP contribution in [-0.4, -0.2) is 32.5 Å². The number of hydrogen-bond acceptors (Lipinski definition) is 4. The van der Waals surface area contributed by atoms with Gasteiger partial charge in [-0.15, -0.1) is 24.8 Å². The molecular weight excluding hydrogens is 349 g/mol. The molecule has 134 valence electrons. The number of amides is 1. The van der Waals surface area contributed by atoms with E-state index < -0.39 is 5.54 Å². The van der Waals surface area contributed by atoms with E-state index in [-0.39, 0.29) is 30.7 Å². The number of carbonyl (C=O) groups is 1. The Hall–Kier alpha value is -1.63. The highest BCUT2D eigenvalue weighted by atomic mass is 35.5. The zero-order valence-electron chi connectivity index (χ0n) is 14.1. The van der Waals surface area contributed by atoms with Crippen LogP contribution >= 0.6 is 24.8 Å². The summed E-state index contributed by atoms with van der Waals surface area (Å²) in [6.45, 7) is 6.60. The Morgan fingerprint density at radius 1 is 1.38 bits per heavy atom. The number of nitrogens with zero attached hydrogens (tertiary/aromatic N) is 3. The average molecular weight is 374 g/mol. The van der Waals surface area contributed by atoms with Crippen molar-refractivity contribution in [2.24, 2.45) is 11.7 Å². The molecule has 8 heteroatoms. The molecule has 2 aromatic rings. The van der Waals surface area contributed by atoms with Gasteiger partial charge in [0.25, 0.3) is 5.91 Å². The van der Waals surface area contributed by atoms with Crippen molar-refractivity contribution in [2.75, 3.05) is 6.54 Å². The zero-order valence-corrected chi connectivity index (χ0v) is 15.7. The Labute approximate surface area is 155 Å². The van der Waals surface area contributed by atoms with Gasteiger partial charge in [0, 0.05) is 30.7 Å². The van der Waals surface area contributed by atoms with E-state index in [0.717, 1.165) is 12.2 Å². The van der Waals surface area contributed by atoms with Gasteiger partial charge in [-0.3, -0.25) is 9.36 Å². The molecule has 2 rings (SSSR count). The predicted octanol–water partition coefficient (Wildman–Crippen LogP) is 2.60. The van der Waals surface area contributed by atoms with Gasteiger partial charge in [0.05, 0.1) is 5.56 Å². The van der Waals surface area contributed by atoms with Crippen molar-refractivity contribution in [1.29, 1.82) is 0 Å². The lowest BCUT2D eigenvalue weighted by molar-refractivity contribution is 0.0898. The molecular formula is C16H25Cl2N5O. The van der Waals surface area contributed by atoms with Gasteiger partial charge in [0.15, 0.2) is 0 Å². The van der Waals surface area contributed by atoms with Gasteiger partial charge in [-0.25, -0.2) is 9.97 Å². The quantitative estimate of drug-likeness (QED) is 0.814. The van der Waals surface area contributed by atoms with Crippen LogP contribution < -0.4 is 11.1 Å². The minimum atomic E-state index is -0.408. The third kappa shape index (κ3) is 5.78. The number of aromatic nitrogens is 3. The van der Waals surface area contributed by atoms with Crippen LogP contribution in [0.1, 0.15) is 37.6 Å². The van der Waals surface area contributed by atoms with E-state index in [0.29, 0.717) is 18.0 Å². The number of hydrogen-bond donors (Lipinski definition) is 2. The number of pyridine rings is 1. The fraction of sp³-hybridized carbons (Fsp3) is 0.438. The molecule has 0 spiro atoms. The highest BCUT2D eigenvalue weighted by molar-refractivity contribution is 5.94. The summed E-state index contributed by atoms with van der Waals surface area (Å²) >= 11 is 0. The van der Waals surface area contributed by atoms with Crippen LogP contribution in [0.5, 0.6) is 0 Å². The summed E-state index contributed by atoms with van der Waals surface area (Å²) in [5, 5.41) is 3.02. The van der Waals surface area contributed by atoms with Gasteiger partial charge in [-0.05, 0) is 31.4 Å². The minimum absolute atomic E-state index is 0. The predicted molar refractivity (Wildman–Crippen MR) is 100 cm³/mol. The molecule has 6 nitrogen and oxygen atoms in total. The Morgan fingerprint density at radius 2 is 2.08 bits per heavy atom. The third-order valence-corrected chi connectivity index (χ3v) is 3.50. The summed E-state index contributed by atoms with van der Waals surface area (Å²) in [5.41, 5.74) is 5.94. The number of rotatable bonds is 6. The molecule has 0 saturated heterocycles. The van der Waals surface area contributed by atoms with Crippen molar-refractivity contribution in [2.45, 2.75) is 32.7 Å². The first-order chi connectivity index (χ1) is 10.4. The molecule has 0 fully saturated rings. The van der Waals surface area contributed by atoms with Crippen LogP contribution in [0.25, 0.3) is 5.82 Å². The molecule has 1 amide bonds. The van der Waals surface area contributed by atoms with E-state index >= 15 is 0 Å². The van der Waals surface area contributed by atoms with E-state index in [2.05, 4.69) is 29.1 Å². The van der Waals surface area contributed by atoms with E-state index in [9.17, 15) is 4.79 Å². The Morgan fingerprint density at radius 3 is 2.54 bits per heavy atom. The first-order valence-electron chi connectivity index (χ1n) is 7.40. The average Bonchev–Trinajstić information content (AvgIpc) is 3.00. The van der Waals surface area contributed by atoms with Crippen LogP contribution in [0.2, 0.25) is 0 Å². The first kappa shape index (κ1) is 22.4. The van der Waals surface area contributed by atoms with Crippen molar-refractivity contribution < 1.29 is 4.79 Å². The second kappa shape index (κ2) is 9.61. The van der Waals surface area contributed by atoms with Crippen LogP contribution in [0.3, 0.4) is 0 Å². The molecule has 0 saturated carbocycles. The molecule has 2 aromatic heterocycles. The zero-order chi connectivity index (χ0) is 16.2. The van der Waals surface area contributed by atoms with Crippen molar-refractivity contribution in [3.63, 3.8) is 0 Å². The van der Waals surface area contributed by atoms with Crippen molar-refractivity contribution >= 4 is 30.7 Å². The molecule has 0 aliphatic carbocycles. The second-order valence-electron chi connectivity index (χ2n) is 6.19. The maximum Gasteiger partial charge on any atom is 0.253 e. The highest BCUT2D eigenvalue weighted by Crippen LogP contribution is 2.16. The molecule has 1 atom stereocenters. The Balaban J connectivity index is 0.00000264. The number of halogens is 2. The fourth-order valence-corrected chi connectivity index (χ4v) is 2.50. The number of carbonyl (C=O) groups excluding carboxylic acids is 1. The summed E-state index contributed by atoms with van der Waals surface area (Å²) in [7, 11) is 0. The summed E-state index contributed by atoms with van der Waals surface area (Å²) in [6.07, 6.45) is 7.54. The van der Waals surface area contributed by atoms with Crippen LogP contribution in [0, 0.1) is 5.92 Å². The summed E-state index contributed by atoms with van der Waals surface area (Å²) in [5.74, 6) is 1.02. The lowest BCUT2D eigenvalue weighted by Crippen LogP contribution is -2.52. The first-order valence-corrected chi connectivity index (χ1v) is 7.40. The summed E-state index contributed by atoms with van der Waals surface area (Å²) in [6, 6.07) is 3.54. The third-order valence-electron chi connectivity index (χ3n) is 3.50. The summed E-state index contributed by atoms with van der Waals surface area (Å²) in [4.78, 5) is 20.6. The monoisotopic (exact) mass is 373 g/mol. The van der Waals surface area contributed by atoms with Gasteiger partial charge < -0.3 is 11.1 Å². The van der Waals surface area contributed by atoms with E-state index in [1.165, 1.54) is 0 Å². The smallest absolute Gasteiger partial charge is 0.253 e. The lowest BCUT2D eigenvalue weighted by Gasteiger charge is -2.31. The number of imidazole rings is 1. The largest absolute Gasteiger partial charge is 0.346 e. The maximum atomic E-state index is 12.4. The second-order valence-corrected chi connectivity index (χ2v) is 6.19. The molecule has 24 heavy (non-hydrogen) atoms. The molecule has 0 radical (unpaired) electrons. The fourth-order valence-electron chi connectivity index (χ4n) is 2.50. The molecule has 0 aliphatic rings. The highest BCUT2D eigenvalue weighted by Gasteiger charge is 2.26. The van der Waals surface area contributed by atoms with Gasteiger partial charge in [0.1, 0.15) is 12.1 Å². The molecule has 0 aliphatic heterocycles. The normalized spacial score (nSPS) is 12.7. The minimum Gasteiger partial charge on any atom is -0.346 e. The maximum absolute atomic E-state index is 12.4. The van der Waals surface area contributed by atoms with Gasteiger partial charge in [-0.1, -0.05) is 13.8 Å².